The Morgan fingerprint density at radius 1 is 1.18 bits per heavy atom. The molecule has 0 aromatic rings. The van der Waals surface area contributed by atoms with Gasteiger partial charge in [0.1, 0.15) is 0 Å². The van der Waals surface area contributed by atoms with Gasteiger partial charge in [0.25, 0.3) is 0 Å². The van der Waals surface area contributed by atoms with Crippen LogP contribution in [0.5, 0.6) is 0 Å². The number of hydrogen-bond acceptors (Lipinski definition) is 3. The van der Waals surface area contributed by atoms with Crippen LogP contribution < -0.4 is 5.32 Å². The van der Waals surface area contributed by atoms with Gasteiger partial charge in [0.2, 0.25) is 11.8 Å². The molecule has 0 radical (unpaired) electrons. The van der Waals surface area contributed by atoms with Gasteiger partial charge in [-0.3, -0.25) is 14.5 Å². The van der Waals surface area contributed by atoms with E-state index in [-0.39, 0.29) is 17.9 Å². The molecule has 2 aliphatic rings. The van der Waals surface area contributed by atoms with Crippen LogP contribution in [-0.2, 0) is 9.59 Å². The number of piperidine rings is 1. The van der Waals surface area contributed by atoms with Gasteiger partial charge in [-0.15, -0.1) is 0 Å². The second-order valence-corrected chi connectivity index (χ2v) is 5.19. The molecule has 2 fully saturated rings. The zero-order valence-corrected chi connectivity index (χ0v) is 10.6. The van der Waals surface area contributed by atoms with Crippen molar-refractivity contribution in [1.82, 2.24) is 10.2 Å². The predicted molar refractivity (Wildman–Crippen MR) is 65.4 cm³/mol. The third-order valence-electron chi connectivity index (χ3n) is 4.10. The number of hydrogen-bond donors (Lipinski definition) is 1. The maximum Gasteiger partial charge on any atom is 0.229 e. The number of nitrogens with one attached hydrogen (secondary N) is 1. The minimum atomic E-state index is 0.0134. The van der Waals surface area contributed by atoms with E-state index in [1.165, 1.54) is 30.6 Å². The van der Waals surface area contributed by atoms with Gasteiger partial charge in [0, 0.05) is 25.4 Å². The van der Waals surface area contributed by atoms with Crippen LogP contribution in [0.3, 0.4) is 0 Å². The molecule has 1 heterocycles. The maximum atomic E-state index is 11.7. The van der Waals surface area contributed by atoms with Gasteiger partial charge in [0.05, 0.1) is 0 Å². The summed E-state index contributed by atoms with van der Waals surface area (Å²) in [5, 5.41) is 3.29. The quantitative estimate of drug-likeness (QED) is 0.751. The van der Waals surface area contributed by atoms with Gasteiger partial charge in [-0.1, -0.05) is 12.8 Å². The van der Waals surface area contributed by atoms with Crippen molar-refractivity contribution in [2.24, 2.45) is 5.92 Å². The average Bonchev–Trinajstić information content (AvgIpc) is 2.82. The molecule has 1 saturated carbocycles. The van der Waals surface area contributed by atoms with Crippen LogP contribution in [0.1, 0.15) is 44.9 Å². The molecule has 4 nitrogen and oxygen atoms in total. The summed E-state index contributed by atoms with van der Waals surface area (Å²) in [6.07, 6.45) is 6.81. The van der Waals surface area contributed by atoms with Gasteiger partial charge >= 0.3 is 0 Å². The van der Waals surface area contributed by atoms with Gasteiger partial charge in [-0.25, -0.2) is 0 Å². The van der Waals surface area contributed by atoms with Crippen LogP contribution in [0.2, 0.25) is 0 Å². The molecule has 1 saturated heterocycles. The van der Waals surface area contributed by atoms with E-state index in [1.807, 2.05) is 7.05 Å². The number of carbonyl (C=O) groups is 2. The van der Waals surface area contributed by atoms with Crippen molar-refractivity contribution < 1.29 is 9.59 Å². The summed E-state index contributed by atoms with van der Waals surface area (Å²) < 4.78 is 0. The monoisotopic (exact) mass is 238 g/mol. The van der Waals surface area contributed by atoms with Gasteiger partial charge in [-0.2, -0.15) is 0 Å². The van der Waals surface area contributed by atoms with E-state index in [0.717, 1.165) is 6.42 Å². The van der Waals surface area contributed by atoms with Crippen LogP contribution in [0.15, 0.2) is 0 Å². The lowest BCUT2D eigenvalue weighted by atomic mass is 9.96. The van der Waals surface area contributed by atoms with E-state index in [9.17, 15) is 9.59 Å². The van der Waals surface area contributed by atoms with Crippen LogP contribution in [0.25, 0.3) is 0 Å². The molecule has 1 aliphatic heterocycles. The van der Waals surface area contributed by atoms with Crippen LogP contribution in [-0.4, -0.2) is 36.3 Å². The van der Waals surface area contributed by atoms with Gasteiger partial charge in [-0.05, 0) is 32.2 Å². The highest BCUT2D eigenvalue weighted by molar-refractivity contribution is 5.97. The molecule has 96 valence electrons. The number of amides is 2. The Labute approximate surface area is 103 Å². The van der Waals surface area contributed by atoms with Crippen molar-refractivity contribution in [1.29, 1.82) is 0 Å². The van der Waals surface area contributed by atoms with Crippen LogP contribution in [0, 0.1) is 5.92 Å². The minimum Gasteiger partial charge on any atom is -0.315 e. The molecule has 0 bridgehead atoms. The largest absolute Gasteiger partial charge is 0.315 e. The highest BCUT2D eigenvalue weighted by atomic mass is 16.2. The minimum absolute atomic E-state index is 0.0134. The average molecular weight is 238 g/mol. The van der Waals surface area contributed by atoms with E-state index in [1.54, 1.807) is 0 Å². The fourth-order valence-electron chi connectivity index (χ4n) is 3.04. The first-order chi connectivity index (χ1) is 8.22. The van der Waals surface area contributed by atoms with E-state index in [4.69, 9.17) is 0 Å². The van der Waals surface area contributed by atoms with E-state index >= 15 is 0 Å². The summed E-state index contributed by atoms with van der Waals surface area (Å²) in [5.74, 6) is 0.654. The standard InChI is InChI=1S/C13H22N2O2/c1-14-11(10-5-2-3-6-10)9-15-12(16)7-4-8-13(15)17/h10-11,14H,2-9H2,1H3. The lowest BCUT2D eigenvalue weighted by molar-refractivity contribution is -0.148. The fraction of sp³-hybridized carbons (Fsp3) is 0.846. The summed E-state index contributed by atoms with van der Waals surface area (Å²) in [6, 6.07) is 0.281. The summed E-state index contributed by atoms with van der Waals surface area (Å²) in [6.45, 7) is 0.568. The molecule has 2 rings (SSSR count). The molecule has 1 aliphatic carbocycles. The molecule has 0 aromatic heterocycles. The number of rotatable bonds is 4. The lowest BCUT2D eigenvalue weighted by Crippen LogP contribution is -2.49. The fourth-order valence-corrected chi connectivity index (χ4v) is 3.04. The third-order valence-corrected chi connectivity index (χ3v) is 4.10. The molecule has 17 heavy (non-hydrogen) atoms. The van der Waals surface area contributed by atoms with Gasteiger partial charge < -0.3 is 5.32 Å². The van der Waals surface area contributed by atoms with Crippen LogP contribution >= 0.6 is 0 Å². The molecular formula is C13H22N2O2. The highest BCUT2D eigenvalue weighted by Crippen LogP contribution is 2.28. The molecule has 1 N–H and O–H groups in total. The van der Waals surface area contributed by atoms with Crippen molar-refractivity contribution in [3.8, 4) is 0 Å². The number of imide groups is 1. The summed E-state index contributed by atoms with van der Waals surface area (Å²) in [7, 11) is 1.93. The summed E-state index contributed by atoms with van der Waals surface area (Å²) >= 11 is 0. The Morgan fingerprint density at radius 3 is 2.29 bits per heavy atom. The SMILES string of the molecule is CNC(CN1C(=O)CCCC1=O)C1CCCC1. The Morgan fingerprint density at radius 2 is 1.76 bits per heavy atom. The number of nitrogens with zero attached hydrogens (tertiary/aromatic N) is 1. The molecule has 1 unspecified atom stereocenters. The zero-order chi connectivity index (χ0) is 12.3. The third kappa shape index (κ3) is 2.86. The smallest absolute Gasteiger partial charge is 0.229 e. The van der Waals surface area contributed by atoms with Crippen molar-refractivity contribution in [2.75, 3.05) is 13.6 Å². The van der Waals surface area contributed by atoms with E-state index in [2.05, 4.69) is 5.32 Å². The summed E-state index contributed by atoms with van der Waals surface area (Å²) in [4.78, 5) is 25.0. The topological polar surface area (TPSA) is 49.4 Å². The molecule has 0 spiro atoms. The zero-order valence-electron chi connectivity index (χ0n) is 10.6. The Bertz CT molecular complexity index is 282. The van der Waals surface area contributed by atoms with Crippen molar-refractivity contribution in [2.45, 2.75) is 51.0 Å². The first-order valence-corrected chi connectivity index (χ1v) is 6.73. The molecule has 1 atom stereocenters. The summed E-state index contributed by atoms with van der Waals surface area (Å²) in [5.41, 5.74) is 0. The first kappa shape index (κ1) is 12.6. The Kier molecular flexibility index (Phi) is 4.15. The molecule has 0 aromatic carbocycles. The normalized spacial score (nSPS) is 24.4. The maximum absolute atomic E-state index is 11.7. The first-order valence-electron chi connectivity index (χ1n) is 6.73. The highest BCUT2D eigenvalue weighted by Gasteiger charge is 2.31. The van der Waals surface area contributed by atoms with Crippen LogP contribution in [0.4, 0.5) is 0 Å². The number of likely N-dealkylation sites (N-methyl/N-ethyl adjacent to an activating group) is 1. The second kappa shape index (κ2) is 5.63. The van der Waals surface area contributed by atoms with Gasteiger partial charge in [0.15, 0.2) is 0 Å². The number of carbonyl (C=O) groups excluding carboxylic acids is 2. The Balaban J connectivity index is 1.96. The molecule has 4 heteroatoms. The molecule has 2 amide bonds. The second-order valence-electron chi connectivity index (χ2n) is 5.19. The number of likely N-dealkylation sites (tertiary alicyclic amines) is 1. The van der Waals surface area contributed by atoms with Crippen molar-refractivity contribution in [3.63, 3.8) is 0 Å². The van der Waals surface area contributed by atoms with Crippen molar-refractivity contribution >= 4 is 11.8 Å². The predicted octanol–water partition coefficient (Wildman–Crippen LogP) is 1.30. The molecular weight excluding hydrogens is 216 g/mol. The van der Waals surface area contributed by atoms with Crippen molar-refractivity contribution in [3.05, 3.63) is 0 Å². The van der Waals surface area contributed by atoms with E-state index in [0.29, 0.717) is 25.3 Å². The lowest BCUT2D eigenvalue weighted by Gasteiger charge is -2.31. The Hall–Kier alpha value is -0.900. The van der Waals surface area contributed by atoms with E-state index < -0.39 is 0 Å².